The Labute approximate surface area is 162 Å². The van der Waals surface area contributed by atoms with Gasteiger partial charge in [-0.3, -0.25) is 14.4 Å². The quantitative estimate of drug-likeness (QED) is 0.631. The fourth-order valence-electron chi connectivity index (χ4n) is 3.12. The number of amides is 2. The van der Waals surface area contributed by atoms with Crippen LogP contribution >= 0.6 is 0 Å². The number of ketones is 1. The molecule has 1 fully saturated rings. The second-order valence-corrected chi connectivity index (χ2v) is 6.73. The van der Waals surface area contributed by atoms with Gasteiger partial charge in [0.15, 0.2) is 0 Å². The summed E-state index contributed by atoms with van der Waals surface area (Å²) in [5.41, 5.74) is 2.40. The van der Waals surface area contributed by atoms with Crippen molar-refractivity contribution in [2.24, 2.45) is 0 Å². The van der Waals surface area contributed by atoms with E-state index in [9.17, 15) is 18.8 Å². The van der Waals surface area contributed by atoms with Gasteiger partial charge in [-0.15, -0.1) is 0 Å². The molecule has 7 heteroatoms. The Morgan fingerprint density at radius 3 is 2.32 bits per heavy atom. The molecule has 28 heavy (non-hydrogen) atoms. The third-order valence-corrected chi connectivity index (χ3v) is 4.71. The standard InChI is InChI=1S/C21H22FN3O3/c1-15-3-2-4-18(13-15)24-9-11-25(12-10-24)19(26)14-23-21(28)20(27)16-5-7-17(22)8-6-16/h2-8,13H,9-12,14H2,1H3,(H,23,28). The second-order valence-electron chi connectivity index (χ2n) is 6.73. The minimum absolute atomic E-state index is 0.0816. The number of piperazine rings is 1. The van der Waals surface area contributed by atoms with E-state index >= 15 is 0 Å². The first kappa shape index (κ1) is 19.5. The Bertz CT molecular complexity index is 875. The Balaban J connectivity index is 1.47. The van der Waals surface area contributed by atoms with Crippen LogP contribution in [0.25, 0.3) is 0 Å². The van der Waals surface area contributed by atoms with E-state index in [2.05, 4.69) is 16.3 Å². The predicted octanol–water partition coefficient (Wildman–Crippen LogP) is 1.78. The summed E-state index contributed by atoms with van der Waals surface area (Å²) in [4.78, 5) is 40.2. The highest BCUT2D eigenvalue weighted by Gasteiger charge is 2.23. The summed E-state index contributed by atoms with van der Waals surface area (Å²) in [5.74, 6) is -2.39. The number of nitrogens with one attached hydrogen (secondary N) is 1. The normalized spacial score (nSPS) is 13.9. The molecule has 0 bridgehead atoms. The number of carbonyl (C=O) groups excluding carboxylic acids is 3. The zero-order chi connectivity index (χ0) is 20.1. The van der Waals surface area contributed by atoms with Crippen molar-refractivity contribution in [3.8, 4) is 0 Å². The maximum absolute atomic E-state index is 12.9. The van der Waals surface area contributed by atoms with Gasteiger partial charge in [-0.1, -0.05) is 12.1 Å². The molecule has 0 radical (unpaired) electrons. The van der Waals surface area contributed by atoms with Crippen molar-refractivity contribution >= 4 is 23.3 Å². The smallest absolute Gasteiger partial charge is 0.292 e. The molecular formula is C21H22FN3O3. The highest BCUT2D eigenvalue weighted by Crippen LogP contribution is 2.17. The average molecular weight is 383 g/mol. The number of carbonyl (C=O) groups is 3. The van der Waals surface area contributed by atoms with Crippen molar-refractivity contribution in [3.63, 3.8) is 0 Å². The molecule has 2 aromatic carbocycles. The van der Waals surface area contributed by atoms with Crippen LogP contribution in [-0.2, 0) is 9.59 Å². The zero-order valence-electron chi connectivity index (χ0n) is 15.7. The first-order valence-electron chi connectivity index (χ1n) is 9.11. The summed E-state index contributed by atoms with van der Waals surface area (Å²) >= 11 is 0. The lowest BCUT2D eigenvalue weighted by atomic mass is 10.1. The number of hydrogen-bond donors (Lipinski definition) is 1. The van der Waals surface area contributed by atoms with Crippen molar-refractivity contribution in [2.45, 2.75) is 6.92 Å². The van der Waals surface area contributed by atoms with Crippen molar-refractivity contribution in [2.75, 3.05) is 37.6 Å². The predicted molar refractivity (Wildman–Crippen MR) is 104 cm³/mol. The lowest BCUT2D eigenvalue weighted by Gasteiger charge is -2.36. The van der Waals surface area contributed by atoms with Crippen LogP contribution in [0.2, 0.25) is 0 Å². The molecule has 2 amide bonds. The van der Waals surface area contributed by atoms with Crippen LogP contribution in [0.5, 0.6) is 0 Å². The van der Waals surface area contributed by atoms with Crippen LogP contribution in [-0.4, -0.2) is 55.2 Å². The van der Waals surface area contributed by atoms with E-state index in [-0.39, 0.29) is 18.0 Å². The molecule has 1 N–H and O–H groups in total. The summed E-state index contributed by atoms with van der Waals surface area (Å²) in [6.07, 6.45) is 0. The Kier molecular flexibility index (Phi) is 6.03. The summed E-state index contributed by atoms with van der Waals surface area (Å²) in [5, 5.41) is 2.36. The van der Waals surface area contributed by atoms with E-state index in [1.165, 1.54) is 17.7 Å². The number of aryl methyl sites for hydroxylation is 1. The van der Waals surface area contributed by atoms with Gasteiger partial charge in [-0.05, 0) is 48.9 Å². The third-order valence-electron chi connectivity index (χ3n) is 4.71. The molecule has 0 unspecified atom stereocenters. The number of nitrogens with zero attached hydrogens (tertiary/aromatic N) is 2. The van der Waals surface area contributed by atoms with Crippen LogP contribution in [0.4, 0.5) is 10.1 Å². The number of halogens is 1. The molecule has 2 aromatic rings. The number of hydrogen-bond acceptors (Lipinski definition) is 4. The van der Waals surface area contributed by atoms with Crippen molar-refractivity contribution in [1.29, 1.82) is 0 Å². The maximum Gasteiger partial charge on any atom is 0.292 e. The highest BCUT2D eigenvalue weighted by atomic mass is 19.1. The lowest BCUT2D eigenvalue weighted by molar-refractivity contribution is -0.132. The summed E-state index contributed by atoms with van der Waals surface area (Å²) in [6, 6.07) is 12.9. The fraction of sp³-hybridized carbons (Fsp3) is 0.286. The van der Waals surface area contributed by atoms with Crippen molar-refractivity contribution in [3.05, 3.63) is 65.5 Å². The SMILES string of the molecule is Cc1cccc(N2CCN(C(=O)CNC(=O)C(=O)c3ccc(F)cc3)CC2)c1. The highest BCUT2D eigenvalue weighted by molar-refractivity contribution is 6.43. The molecule has 1 aliphatic rings. The van der Waals surface area contributed by atoms with E-state index < -0.39 is 17.5 Å². The third kappa shape index (κ3) is 4.73. The van der Waals surface area contributed by atoms with Crippen LogP contribution in [0, 0.1) is 12.7 Å². The molecule has 1 heterocycles. The summed E-state index contributed by atoms with van der Waals surface area (Å²) in [7, 11) is 0. The molecule has 146 valence electrons. The summed E-state index contributed by atoms with van der Waals surface area (Å²) < 4.78 is 12.9. The van der Waals surface area contributed by atoms with Crippen LogP contribution < -0.4 is 10.2 Å². The summed E-state index contributed by atoms with van der Waals surface area (Å²) in [6.45, 7) is 4.31. The van der Waals surface area contributed by atoms with Crippen LogP contribution in [0.3, 0.4) is 0 Å². The number of anilines is 1. The van der Waals surface area contributed by atoms with Crippen molar-refractivity contribution in [1.82, 2.24) is 10.2 Å². The number of benzene rings is 2. The molecule has 3 rings (SSSR count). The monoisotopic (exact) mass is 383 g/mol. The molecule has 0 spiro atoms. The topological polar surface area (TPSA) is 69.7 Å². The Morgan fingerprint density at radius 1 is 1.00 bits per heavy atom. The minimum Gasteiger partial charge on any atom is -0.368 e. The van der Waals surface area contributed by atoms with Gasteiger partial charge >= 0.3 is 0 Å². The van der Waals surface area contributed by atoms with Gasteiger partial charge in [0.2, 0.25) is 11.7 Å². The number of rotatable bonds is 5. The molecule has 0 saturated carbocycles. The molecule has 0 aromatic heterocycles. The van der Waals surface area contributed by atoms with Crippen molar-refractivity contribution < 1.29 is 18.8 Å². The Hall–Kier alpha value is -3.22. The fourth-order valence-corrected chi connectivity index (χ4v) is 3.12. The van der Waals surface area contributed by atoms with Gasteiger partial charge in [0.25, 0.3) is 5.91 Å². The van der Waals surface area contributed by atoms with E-state index in [1.54, 1.807) is 4.90 Å². The van der Waals surface area contributed by atoms with Crippen LogP contribution in [0.15, 0.2) is 48.5 Å². The molecular weight excluding hydrogens is 361 g/mol. The molecule has 6 nitrogen and oxygen atoms in total. The largest absolute Gasteiger partial charge is 0.368 e. The van der Waals surface area contributed by atoms with Gasteiger partial charge < -0.3 is 15.1 Å². The average Bonchev–Trinajstić information content (AvgIpc) is 2.72. The van der Waals surface area contributed by atoms with Gasteiger partial charge in [-0.25, -0.2) is 4.39 Å². The lowest BCUT2D eigenvalue weighted by Crippen LogP contribution is -2.51. The van der Waals surface area contributed by atoms with Gasteiger partial charge in [0.1, 0.15) is 5.82 Å². The van der Waals surface area contributed by atoms with Gasteiger partial charge in [0, 0.05) is 37.4 Å². The Morgan fingerprint density at radius 2 is 1.68 bits per heavy atom. The number of Topliss-reactive ketones (excluding diaryl/α,β-unsaturated/α-hetero) is 1. The van der Waals surface area contributed by atoms with E-state index in [1.807, 2.05) is 25.1 Å². The molecule has 1 aliphatic heterocycles. The first-order chi connectivity index (χ1) is 13.4. The maximum atomic E-state index is 12.9. The van der Waals surface area contributed by atoms with E-state index in [0.717, 1.165) is 17.8 Å². The molecule has 0 aliphatic carbocycles. The minimum atomic E-state index is -0.877. The zero-order valence-corrected chi connectivity index (χ0v) is 15.7. The van der Waals surface area contributed by atoms with Gasteiger partial charge in [0.05, 0.1) is 6.54 Å². The molecule has 1 saturated heterocycles. The second kappa shape index (κ2) is 8.65. The van der Waals surface area contributed by atoms with Crippen LogP contribution in [0.1, 0.15) is 15.9 Å². The first-order valence-corrected chi connectivity index (χ1v) is 9.11. The van der Waals surface area contributed by atoms with E-state index in [0.29, 0.717) is 26.2 Å². The molecule has 0 atom stereocenters. The van der Waals surface area contributed by atoms with E-state index in [4.69, 9.17) is 0 Å². The van der Waals surface area contributed by atoms with Gasteiger partial charge in [-0.2, -0.15) is 0 Å².